The molecule has 0 amide bonds. The summed E-state index contributed by atoms with van der Waals surface area (Å²) < 4.78 is 2.19. The number of benzene rings is 2. The third-order valence-electron chi connectivity index (χ3n) is 3.20. The van der Waals surface area contributed by atoms with Gasteiger partial charge in [0, 0.05) is 23.0 Å². The van der Waals surface area contributed by atoms with Gasteiger partial charge in [-0.2, -0.15) is 0 Å². The summed E-state index contributed by atoms with van der Waals surface area (Å²) in [6.07, 6.45) is 2.10. The summed E-state index contributed by atoms with van der Waals surface area (Å²) in [5.41, 5.74) is 11.6. The van der Waals surface area contributed by atoms with E-state index in [0.717, 1.165) is 11.2 Å². The Bertz CT molecular complexity index is 703. The maximum Gasteiger partial charge on any atom is 0.0548 e. The lowest BCUT2D eigenvalue weighted by Gasteiger charge is -2.08. The number of aryl methyl sites for hydroxylation is 2. The second kappa shape index (κ2) is 3.91. The Labute approximate surface area is 107 Å². The first-order valence-corrected chi connectivity index (χ1v) is 6.09. The molecule has 0 saturated heterocycles. The average Bonchev–Trinajstić information content (AvgIpc) is 2.70. The minimum absolute atomic E-state index is 0.798. The van der Waals surface area contributed by atoms with Crippen molar-refractivity contribution in [2.75, 3.05) is 5.73 Å². The third-order valence-corrected chi connectivity index (χ3v) is 3.20. The lowest BCUT2D eigenvalue weighted by Crippen LogP contribution is -1.94. The fraction of sp³-hybridized carbons (Fsp3) is 0.125. The Kier molecular flexibility index (Phi) is 2.37. The van der Waals surface area contributed by atoms with E-state index in [4.69, 9.17) is 5.73 Å². The molecule has 2 nitrogen and oxygen atoms in total. The summed E-state index contributed by atoms with van der Waals surface area (Å²) >= 11 is 0. The number of fused-ring (bicyclic) bond motifs is 1. The van der Waals surface area contributed by atoms with Gasteiger partial charge in [0.1, 0.15) is 0 Å². The number of hydrogen-bond acceptors (Lipinski definition) is 1. The van der Waals surface area contributed by atoms with Crippen LogP contribution in [0.15, 0.2) is 48.7 Å². The van der Waals surface area contributed by atoms with Crippen molar-refractivity contribution in [3.05, 3.63) is 59.8 Å². The predicted molar refractivity (Wildman–Crippen MR) is 77.2 cm³/mol. The van der Waals surface area contributed by atoms with Crippen molar-refractivity contribution < 1.29 is 0 Å². The molecule has 3 aromatic rings. The number of anilines is 1. The van der Waals surface area contributed by atoms with Crippen LogP contribution in [0.5, 0.6) is 0 Å². The van der Waals surface area contributed by atoms with Crippen molar-refractivity contribution in [3.8, 4) is 5.69 Å². The molecule has 1 heterocycles. The third kappa shape index (κ3) is 1.76. The van der Waals surface area contributed by atoms with Crippen LogP contribution in [0.1, 0.15) is 11.1 Å². The molecule has 0 bridgehead atoms. The van der Waals surface area contributed by atoms with Crippen molar-refractivity contribution in [2.24, 2.45) is 0 Å². The zero-order valence-corrected chi connectivity index (χ0v) is 10.6. The van der Waals surface area contributed by atoms with Crippen LogP contribution in [0.2, 0.25) is 0 Å². The van der Waals surface area contributed by atoms with Gasteiger partial charge in [-0.25, -0.2) is 0 Å². The highest BCUT2D eigenvalue weighted by Crippen LogP contribution is 2.23. The maximum absolute atomic E-state index is 5.88. The van der Waals surface area contributed by atoms with Crippen LogP contribution in [0.4, 0.5) is 5.69 Å². The molecule has 0 spiro atoms. The molecule has 3 rings (SSSR count). The first-order valence-electron chi connectivity index (χ1n) is 6.09. The molecular weight excluding hydrogens is 220 g/mol. The van der Waals surface area contributed by atoms with Gasteiger partial charge in [-0.1, -0.05) is 12.1 Å². The molecule has 0 unspecified atom stereocenters. The summed E-state index contributed by atoms with van der Waals surface area (Å²) in [5.74, 6) is 0. The second-order valence-electron chi connectivity index (χ2n) is 4.85. The smallest absolute Gasteiger partial charge is 0.0548 e. The van der Waals surface area contributed by atoms with E-state index in [1.54, 1.807) is 0 Å². The van der Waals surface area contributed by atoms with Crippen molar-refractivity contribution in [1.29, 1.82) is 0 Å². The minimum Gasteiger partial charge on any atom is -0.399 e. The lowest BCUT2D eigenvalue weighted by atomic mass is 10.1. The molecule has 1 aromatic heterocycles. The number of nitrogen functional groups attached to an aromatic ring is 1. The van der Waals surface area contributed by atoms with E-state index in [1.165, 1.54) is 22.2 Å². The van der Waals surface area contributed by atoms with E-state index in [1.807, 2.05) is 12.1 Å². The first kappa shape index (κ1) is 10.9. The van der Waals surface area contributed by atoms with Crippen molar-refractivity contribution in [2.45, 2.75) is 13.8 Å². The number of nitrogens with zero attached hydrogens (tertiary/aromatic N) is 1. The molecule has 2 N–H and O–H groups in total. The molecule has 0 fully saturated rings. The van der Waals surface area contributed by atoms with Crippen LogP contribution >= 0.6 is 0 Å². The van der Waals surface area contributed by atoms with Gasteiger partial charge in [0.25, 0.3) is 0 Å². The van der Waals surface area contributed by atoms with Gasteiger partial charge in [-0.15, -0.1) is 0 Å². The Hall–Kier alpha value is -2.22. The van der Waals surface area contributed by atoms with Gasteiger partial charge in [0.05, 0.1) is 5.52 Å². The Morgan fingerprint density at radius 3 is 2.33 bits per heavy atom. The highest BCUT2D eigenvalue weighted by atomic mass is 15.0. The molecular formula is C16H16N2. The van der Waals surface area contributed by atoms with Gasteiger partial charge >= 0.3 is 0 Å². The van der Waals surface area contributed by atoms with Crippen molar-refractivity contribution in [3.63, 3.8) is 0 Å². The van der Waals surface area contributed by atoms with Gasteiger partial charge in [0.2, 0.25) is 0 Å². The van der Waals surface area contributed by atoms with E-state index < -0.39 is 0 Å². The van der Waals surface area contributed by atoms with E-state index in [9.17, 15) is 0 Å². The van der Waals surface area contributed by atoms with Crippen LogP contribution in [-0.2, 0) is 0 Å². The Morgan fingerprint density at radius 1 is 0.889 bits per heavy atom. The van der Waals surface area contributed by atoms with Crippen LogP contribution in [0.25, 0.3) is 16.6 Å². The zero-order chi connectivity index (χ0) is 12.7. The highest BCUT2D eigenvalue weighted by Gasteiger charge is 2.04. The summed E-state index contributed by atoms with van der Waals surface area (Å²) in [7, 11) is 0. The van der Waals surface area contributed by atoms with Crippen LogP contribution in [0.3, 0.4) is 0 Å². The Balaban J connectivity index is 2.27. The van der Waals surface area contributed by atoms with Crippen molar-refractivity contribution >= 4 is 16.6 Å². The number of hydrogen-bond donors (Lipinski definition) is 1. The molecule has 0 atom stereocenters. The summed E-state index contributed by atoms with van der Waals surface area (Å²) in [5, 5.41) is 1.21. The van der Waals surface area contributed by atoms with Gasteiger partial charge in [-0.3, -0.25) is 0 Å². The zero-order valence-electron chi connectivity index (χ0n) is 10.6. The summed E-state index contributed by atoms with van der Waals surface area (Å²) in [6.45, 7) is 4.24. The fourth-order valence-electron chi connectivity index (χ4n) is 2.46. The summed E-state index contributed by atoms with van der Waals surface area (Å²) in [4.78, 5) is 0. The van der Waals surface area contributed by atoms with Crippen molar-refractivity contribution in [1.82, 2.24) is 4.57 Å². The number of aromatic nitrogens is 1. The Morgan fingerprint density at radius 2 is 1.61 bits per heavy atom. The van der Waals surface area contributed by atoms with Crippen LogP contribution in [0, 0.1) is 13.8 Å². The fourth-order valence-corrected chi connectivity index (χ4v) is 2.46. The molecule has 0 aliphatic carbocycles. The second-order valence-corrected chi connectivity index (χ2v) is 4.85. The SMILES string of the molecule is Cc1cc(C)cc(-n2ccc3ccc(N)cc32)c1. The normalized spacial score (nSPS) is 11.0. The topological polar surface area (TPSA) is 30.9 Å². The van der Waals surface area contributed by atoms with Gasteiger partial charge in [0.15, 0.2) is 0 Å². The first-order chi connectivity index (χ1) is 8.63. The molecule has 2 aromatic carbocycles. The predicted octanol–water partition coefficient (Wildman–Crippen LogP) is 3.83. The molecule has 0 aliphatic rings. The molecule has 0 saturated carbocycles. The molecule has 0 radical (unpaired) electrons. The average molecular weight is 236 g/mol. The highest BCUT2D eigenvalue weighted by molar-refractivity contribution is 5.84. The van der Waals surface area contributed by atoms with E-state index >= 15 is 0 Å². The van der Waals surface area contributed by atoms with Gasteiger partial charge in [-0.05, 0) is 55.3 Å². The van der Waals surface area contributed by atoms with Crippen LogP contribution < -0.4 is 5.73 Å². The van der Waals surface area contributed by atoms with Crippen LogP contribution in [-0.4, -0.2) is 4.57 Å². The monoisotopic (exact) mass is 236 g/mol. The van der Waals surface area contributed by atoms with E-state index in [-0.39, 0.29) is 0 Å². The molecule has 2 heteroatoms. The quantitative estimate of drug-likeness (QED) is 0.640. The molecule has 0 aliphatic heterocycles. The molecule has 18 heavy (non-hydrogen) atoms. The van der Waals surface area contributed by atoms with E-state index in [0.29, 0.717) is 0 Å². The van der Waals surface area contributed by atoms with Gasteiger partial charge < -0.3 is 10.3 Å². The molecule has 90 valence electrons. The standard InChI is InChI=1S/C16H16N2/c1-11-7-12(2)9-15(8-11)18-6-5-13-3-4-14(17)10-16(13)18/h3-10H,17H2,1-2H3. The largest absolute Gasteiger partial charge is 0.399 e. The maximum atomic E-state index is 5.88. The lowest BCUT2D eigenvalue weighted by molar-refractivity contribution is 1.11. The van der Waals surface area contributed by atoms with E-state index in [2.05, 4.69) is 54.9 Å². The summed E-state index contributed by atoms with van der Waals surface area (Å²) in [6, 6.07) is 14.7. The minimum atomic E-state index is 0.798. The number of rotatable bonds is 1. The number of nitrogens with two attached hydrogens (primary N) is 1.